The number of anilines is 1. The second-order valence-electron chi connectivity index (χ2n) is 11.0. The lowest BCUT2D eigenvalue weighted by molar-refractivity contribution is -0.125. The number of methoxy groups -OCH3 is 1. The van der Waals surface area contributed by atoms with Gasteiger partial charge in [0.15, 0.2) is 0 Å². The number of nitrogens with one attached hydrogen (secondary N) is 3. The Morgan fingerprint density at radius 2 is 1.93 bits per heavy atom. The molecule has 3 N–H and O–H groups in total. The predicted molar refractivity (Wildman–Crippen MR) is 159 cm³/mol. The predicted octanol–water partition coefficient (Wildman–Crippen LogP) is 4.34. The smallest absolute Gasteiger partial charge is 0.407 e. The molecule has 1 unspecified atom stereocenters. The summed E-state index contributed by atoms with van der Waals surface area (Å²) in [5.41, 5.74) is 2.03. The molecule has 0 aliphatic carbocycles. The topological polar surface area (TPSA) is 126 Å². The van der Waals surface area contributed by atoms with E-state index in [9.17, 15) is 23.6 Å². The van der Waals surface area contributed by atoms with E-state index < -0.39 is 23.6 Å². The van der Waals surface area contributed by atoms with Crippen LogP contribution in [-0.2, 0) is 27.3 Å². The van der Waals surface area contributed by atoms with Gasteiger partial charge < -0.3 is 29.8 Å². The fraction of sp³-hybridized carbons (Fsp3) is 0.419. The van der Waals surface area contributed by atoms with Crippen molar-refractivity contribution in [2.75, 3.05) is 25.5 Å². The van der Waals surface area contributed by atoms with Crippen LogP contribution in [0, 0.1) is 11.7 Å². The van der Waals surface area contributed by atoms with Gasteiger partial charge in [-0.15, -0.1) is 0 Å². The van der Waals surface area contributed by atoms with Crippen LogP contribution >= 0.6 is 0 Å². The number of pyridine rings is 1. The third kappa shape index (κ3) is 7.86. The first-order valence-corrected chi connectivity index (χ1v) is 14.2. The van der Waals surface area contributed by atoms with Crippen molar-refractivity contribution in [2.45, 2.75) is 58.5 Å². The van der Waals surface area contributed by atoms with Crippen molar-refractivity contribution < 1.29 is 23.5 Å². The normalized spacial score (nSPS) is 14.1. The van der Waals surface area contributed by atoms with Gasteiger partial charge in [0.05, 0.1) is 13.7 Å². The average molecular weight is 580 g/mol. The van der Waals surface area contributed by atoms with Crippen molar-refractivity contribution in [3.63, 3.8) is 0 Å². The van der Waals surface area contributed by atoms with Crippen LogP contribution in [0.1, 0.15) is 50.8 Å². The highest BCUT2D eigenvalue weighted by Crippen LogP contribution is 2.24. The van der Waals surface area contributed by atoms with E-state index in [1.54, 1.807) is 23.2 Å². The Morgan fingerprint density at radius 1 is 1.17 bits per heavy atom. The van der Waals surface area contributed by atoms with Crippen molar-refractivity contribution in [1.82, 2.24) is 19.8 Å². The second-order valence-corrected chi connectivity index (χ2v) is 11.0. The molecule has 0 spiro atoms. The molecule has 1 fully saturated rings. The van der Waals surface area contributed by atoms with E-state index in [2.05, 4.69) is 34.2 Å². The second kappa shape index (κ2) is 14.0. The number of aromatic amines is 1. The Morgan fingerprint density at radius 3 is 2.64 bits per heavy atom. The fourth-order valence-corrected chi connectivity index (χ4v) is 5.14. The van der Waals surface area contributed by atoms with Crippen LogP contribution in [0.5, 0.6) is 0 Å². The summed E-state index contributed by atoms with van der Waals surface area (Å²) in [5.74, 6) is -0.630. The number of nitrogens with zero attached hydrogens (tertiary/aromatic N) is 2. The molecule has 3 heterocycles. The molecule has 1 aliphatic heterocycles. The zero-order valence-electron chi connectivity index (χ0n) is 24.2. The van der Waals surface area contributed by atoms with Gasteiger partial charge in [0.2, 0.25) is 11.8 Å². The maximum atomic E-state index is 14.2. The quantitative estimate of drug-likeness (QED) is 0.292. The van der Waals surface area contributed by atoms with Crippen LogP contribution in [0.3, 0.4) is 0 Å². The summed E-state index contributed by atoms with van der Waals surface area (Å²) in [4.78, 5) is 55.6. The van der Waals surface area contributed by atoms with E-state index >= 15 is 0 Å². The van der Waals surface area contributed by atoms with E-state index in [1.165, 1.54) is 36.0 Å². The van der Waals surface area contributed by atoms with E-state index in [0.717, 1.165) is 42.4 Å². The van der Waals surface area contributed by atoms with Gasteiger partial charge in [-0.1, -0.05) is 19.9 Å². The number of aromatic nitrogens is 2. The van der Waals surface area contributed by atoms with E-state index in [-0.39, 0.29) is 30.4 Å². The minimum atomic E-state index is -1.000. The molecule has 1 saturated heterocycles. The number of alkyl carbamates (subject to hydrolysis) is 1. The van der Waals surface area contributed by atoms with Crippen molar-refractivity contribution in [3.8, 4) is 0 Å². The molecule has 42 heavy (non-hydrogen) atoms. The molecule has 0 bridgehead atoms. The number of carbonyl (C=O) groups is 3. The molecule has 224 valence electrons. The van der Waals surface area contributed by atoms with Crippen molar-refractivity contribution in [3.05, 3.63) is 76.1 Å². The van der Waals surface area contributed by atoms with Gasteiger partial charge in [0.25, 0.3) is 5.56 Å². The van der Waals surface area contributed by atoms with Crippen LogP contribution in [0.4, 0.5) is 14.9 Å². The summed E-state index contributed by atoms with van der Waals surface area (Å²) in [6, 6.07) is 6.94. The lowest BCUT2D eigenvalue weighted by Gasteiger charge is -2.17. The molecule has 1 atom stereocenters. The number of allylic oxidation sites excluding steroid dienone is 1. The first-order chi connectivity index (χ1) is 20.1. The largest absolute Gasteiger partial charge is 0.453 e. The van der Waals surface area contributed by atoms with Gasteiger partial charge in [0.1, 0.15) is 17.5 Å². The summed E-state index contributed by atoms with van der Waals surface area (Å²) in [5, 5.41) is 5.85. The first kappa shape index (κ1) is 30.5. The van der Waals surface area contributed by atoms with Crippen LogP contribution in [0.25, 0.3) is 10.9 Å². The Labute approximate surface area is 243 Å². The number of halogens is 1. The van der Waals surface area contributed by atoms with Crippen molar-refractivity contribution in [1.29, 1.82) is 0 Å². The number of carbonyl (C=O) groups excluding carboxylic acids is 3. The summed E-state index contributed by atoms with van der Waals surface area (Å²) in [7, 11) is 1.19. The SMILES string of the molecule is COC(=O)NC(CCC=CC(=O)N1CCCC1)C(=O)Nc1cccn(Cc2cc3cc(F)cc(CC(C)C)c3[nH]2)c1=O. The van der Waals surface area contributed by atoms with Gasteiger partial charge in [0, 0.05) is 35.9 Å². The molecule has 10 nitrogen and oxygen atoms in total. The zero-order chi connectivity index (χ0) is 30.2. The van der Waals surface area contributed by atoms with Crippen LogP contribution in [0.2, 0.25) is 0 Å². The van der Waals surface area contributed by atoms with Gasteiger partial charge in [-0.25, -0.2) is 9.18 Å². The molecule has 1 aliphatic rings. The number of fused-ring (bicyclic) bond motifs is 1. The molecule has 0 saturated carbocycles. The number of benzene rings is 1. The number of ether oxygens (including phenoxy) is 1. The van der Waals surface area contributed by atoms with Crippen LogP contribution < -0.4 is 16.2 Å². The van der Waals surface area contributed by atoms with Gasteiger partial charge >= 0.3 is 6.09 Å². The molecule has 11 heteroatoms. The lowest BCUT2D eigenvalue weighted by atomic mass is 10.0. The molecule has 0 radical (unpaired) electrons. The number of rotatable bonds is 11. The number of hydrogen-bond donors (Lipinski definition) is 3. The minimum absolute atomic E-state index is 0.0431. The third-order valence-corrected chi connectivity index (χ3v) is 7.17. The Hall–Kier alpha value is -4.41. The summed E-state index contributed by atoms with van der Waals surface area (Å²) in [6.07, 6.45) is 7.21. The first-order valence-electron chi connectivity index (χ1n) is 14.2. The highest BCUT2D eigenvalue weighted by atomic mass is 19.1. The average Bonchev–Trinajstić information content (AvgIpc) is 3.62. The standard InChI is InChI=1S/C31H38FN5O5/c1-20(2)15-21-16-23(32)17-22-18-24(33-28(21)22)19-37-14-8-10-26(30(37)40)34-29(39)25(35-31(41)42-3)9-4-5-11-27(38)36-12-6-7-13-36/h5,8,10-11,14,16-18,20,25,33H,4,6-7,9,12-13,15,19H2,1-3H3,(H,34,39)(H,35,41). The molecule has 2 aromatic heterocycles. The molecule has 4 rings (SSSR count). The molecule has 3 aromatic rings. The molecule has 1 aromatic carbocycles. The minimum Gasteiger partial charge on any atom is -0.453 e. The third-order valence-electron chi connectivity index (χ3n) is 7.17. The summed E-state index contributed by atoms with van der Waals surface area (Å²) in [6.45, 7) is 5.80. The highest BCUT2D eigenvalue weighted by Gasteiger charge is 2.22. The van der Waals surface area contributed by atoms with E-state index in [1.807, 2.05) is 6.07 Å². The van der Waals surface area contributed by atoms with Gasteiger partial charge in [-0.3, -0.25) is 14.4 Å². The number of H-pyrrole nitrogens is 1. The van der Waals surface area contributed by atoms with Crippen LogP contribution in [-0.4, -0.2) is 58.6 Å². The van der Waals surface area contributed by atoms with Gasteiger partial charge in [-0.2, -0.15) is 0 Å². The summed E-state index contributed by atoms with van der Waals surface area (Å²) < 4.78 is 20.3. The van der Waals surface area contributed by atoms with Gasteiger partial charge in [-0.05, 0) is 80.0 Å². The lowest BCUT2D eigenvalue weighted by Crippen LogP contribution is -2.44. The number of likely N-dealkylation sites (tertiary alicyclic amines) is 1. The highest BCUT2D eigenvalue weighted by molar-refractivity contribution is 5.96. The molecular formula is C31H38FN5O5. The van der Waals surface area contributed by atoms with E-state index in [0.29, 0.717) is 24.5 Å². The molecular weight excluding hydrogens is 541 g/mol. The Kier molecular flexibility index (Phi) is 10.2. The fourth-order valence-electron chi connectivity index (χ4n) is 5.14. The molecule has 3 amide bonds. The van der Waals surface area contributed by atoms with E-state index in [4.69, 9.17) is 0 Å². The van der Waals surface area contributed by atoms with Crippen molar-refractivity contribution >= 4 is 34.5 Å². The monoisotopic (exact) mass is 579 g/mol. The van der Waals surface area contributed by atoms with Crippen molar-refractivity contribution in [2.24, 2.45) is 5.92 Å². The maximum Gasteiger partial charge on any atom is 0.407 e. The summed E-state index contributed by atoms with van der Waals surface area (Å²) >= 11 is 0. The number of amides is 3. The Balaban J connectivity index is 1.46. The zero-order valence-corrected chi connectivity index (χ0v) is 24.2. The Bertz CT molecular complexity index is 1520. The maximum absolute atomic E-state index is 14.2. The number of hydrogen-bond acceptors (Lipinski definition) is 5. The van der Waals surface area contributed by atoms with Crippen LogP contribution in [0.15, 0.2) is 53.5 Å².